The Hall–Kier alpha value is -8.32. The minimum absolute atomic E-state index is 0.391. The highest BCUT2D eigenvalue weighted by Crippen LogP contribution is 2.66. The van der Waals surface area contributed by atoms with Crippen molar-refractivity contribution >= 4 is 104 Å². The Balaban J connectivity index is 0.961. The van der Waals surface area contributed by atoms with Crippen molar-refractivity contribution in [2.75, 3.05) is 0 Å². The molecule has 0 amide bonds. The highest BCUT2D eigenvalue weighted by molar-refractivity contribution is 6.47. The molecule has 0 bridgehead atoms. The van der Waals surface area contributed by atoms with Gasteiger partial charge in [-0.3, -0.25) is 0 Å². The fraction of sp³-hybridized carbons (Fsp3) is 0.158. The van der Waals surface area contributed by atoms with Crippen LogP contribution in [0.5, 0.6) is 0 Å². The van der Waals surface area contributed by atoms with Gasteiger partial charge >= 0.3 is 0 Å². The first-order chi connectivity index (χ1) is 37.8. The summed E-state index contributed by atoms with van der Waals surface area (Å²) in [6, 6.07) is 43.1. The number of hydrogen-bond donors (Lipinski definition) is 0. The Bertz CT molecular complexity index is 4840. The third kappa shape index (κ3) is 4.95. The zero-order valence-electron chi connectivity index (χ0n) is 42.5. The van der Waals surface area contributed by atoms with E-state index < -0.39 is 0 Å². The summed E-state index contributed by atoms with van der Waals surface area (Å²) in [7, 11) is 0. The molecule has 0 spiro atoms. The first-order valence-electron chi connectivity index (χ1n) is 28.5. The minimum Gasteiger partial charge on any atom is -0.0870 e. The molecule has 76 heavy (non-hydrogen) atoms. The van der Waals surface area contributed by atoms with Gasteiger partial charge in [0.2, 0.25) is 0 Å². The van der Waals surface area contributed by atoms with Gasteiger partial charge in [-0.2, -0.15) is 0 Å². The third-order valence-corrected chi connectivity index (χ3v) is 20.0. The van der Waals surface area contributed by atoms with Gasteiger partial charge in [-0.25, -0.2) is 0 Å². The lowest BCUT2D eigenvalue weighted by molar-refractivity contribution is 0.554. The van der Waals surface area contributed by atoms with Crippen LogP contribution in [-0.4, -0.2) is 0 Å². The molecule has 3 unspecified atom stereocenters. The highest BCUT2D eigenvalue weighted by Gasteiger charge is 2.45. The van der Waals surface area contributed by atoms with Crippen LogP contribution in [0.1, 0.15) is 103 Å². The summed E-state index contributed by atoms with van der Waals surface area (Å²) < 4.78 is 0. The van der Waals surface area contributed by atoms with E-state index in [1.165, 1.54) is 167 Å². The summed E-state index contributed by atoms with van der Waals surface area (Å²) in [5.74, 6) is 1.42. The summed E-state index contributed by atoms with van der Waals surface area (Å²) in [5, 5.41) is 20.9. The summed E-state index contributed by atoms with van der Waals surface area (Å²) >= 11 is 0. The molecule has 0 aromatic heterocycles. The predicted molar refractivity (Wildman–Crippen MR) is 325 cm³/mol. The fourth-order valence-corrected chi connectivity index (χ4v) is 17.4. The SMILES string of the molecule is C1=CCCC(c2c3c(c(C4=CC=CCC4)c4c2-c2ccc5c6ccc7c8c(-c9ccccc9)c9c%10c%11c(c9c(-c9ccccc9)c8c8ccc(c9ccc-4c2c59)c6c78)=CC=CC%11CC=C%10)C2CC=CC4CCCC3=C42)=C1. The van der Waals surface area contributed by atoms with Gasteiger partial charge in [-0.1, -0.05) is 194 Å². The van der Waals surface area contributed by atoms with Crippen molar-refractivity contribution in [1.29, 1.82) is 0 Å². The second-order valence-corrected chi connectivity index (χ2v) is 23.4. The molecule has 19 rings (SSSR count). The molecule has 0 N–H and O–H groups in total. The second-order valence-electron chi connectivity index (χ2n) is 23.4. The Labute approximate surface area is 442 Å². The van der Waals surface area contributed by atoms with E-state index in [4.69, 9.17) is 0 Å². The van der Waals surface area contributed by atoms with Gasteiger partial charge in [0.15, 0.2) is 0 Å². The molecule has 0 heteroatoms. The van der Waals surface area contributed by atoms with Gasteiger partial charge in [0, 0.05) is 11.8 Å². The van der Waals surface area contributed by atoms with Crippen molar-refractivity contribution < 1.29 is 0 Å². The molecule has 0 saturated heterocycles. The quantitative estimate of drug-likeness (QED) is 0.0937. The average Bonchev–Trinajstić information content (AvgIpc) is 4.32. The zero-order valence-corrected chi connectivity index (χ0v) is 42.5. The molecule has 0 heterocycles. The second kappa shape index (κ2) is 14.7. The lowest BCUT2D eigenvalue weighted by Gasteiger charge is -2.31. The summed E-state index contributed by atoms with van der Waals surface area (Å²) in [6.07, 6.45) is 42.0. The molecular weight excluding hydrogens is 913 g/mol. The molecular formula is C76H52. The lowest BCUT2D eigenvalue weighted by atomic mass is 9.73. The monoisotopic (exact) mass is 964 g/mol. The molecule has 8 aliphatic rings. The Morgan fingerprint density at radius 2 is 0.987 bits per heavy atom. The van der Waals surface area contributed by atoms with Crippen molar-refractivity contribution in [1.82, 2.24) is 0 Å². The molecule has 11 aromatic rings. The maximum absolute atomic E-state index is 2.58. The van der Waals surface area contributed by atoms with Crippen LogP contribution >= 0.6 is 0 Å². The van der Waals surface area contributed by atoms with Crippen molar-refractivity contribution in [2.24, 2.45) is 5.92 Å². The van der Waals surface area contributed by atoms with Crippen molar-refractivity contribution in [3.63, 3.8) is 0 Å². The van der Waals surface area contributed by atoms with Crippen molar-refractivity contribution in [3.05, 3.63) is 220 Å². The summed E-state index contributed by atoms with van der Waals surface area (Å²) in [4.78, 5) is 0. The predicted octanol–water partition coefficient (Wildman–Crippen LogP) is 20.3. The normalized spacial score (nSPS) is 20.5. The molecule has 356 valence electrons. The van der Waals surface area contributed by atoms with Crippen LogP contribution in [-0.2, 0) is 0 Å². The maximum Gasteiger partial charge on any atom is 0.0107 e. The van der Waals surface area contributed by atoms with Gasteiger partial charge < -0.3 is 0 Å². The van der Waals surface area contributed by atoms with E-state index in [1.54, 1.807) is 33.4 Å². The fourth-order valence-electron chi connectivity index (χ4n) is 17.4. The van der Waals surface area contributed by atoms with Crippen LogP contribution in [0.15, 0.2) is 182 Å². The topological polar surface area (TPSA) is 0 Å². The highest BCUT2D eigenvalue weighted by atomic mass is 14.5. The van der Waals surface area contributed by atoms with Gasteiger partial charge in [0.05, 0.1) is 0 Å². The molecule has 0 nitrogen and oxygen atoms in total. The van der Waals surface area contributed by atoms with E-state index in [0.717, 1.165) is 38.5 Å². The molecule has 0 saturated carbocycles. The average molecular weight is 965 g/mol. The van der Waals surface area contributed by atoms with E-state index in [2.05, 4.69) is 188 Å². The van der Waals surface area contributed by atoms with Crippen molar-refractivity contribution in [3.8, 4) is 44.5 Å². The first-order valence-corrected chi connectivity index (χ1v) is 28.5. The zero-order chi connectivity index (χ0) is 49.1. The van der Waals surface area contributed by atoms with Gasteiger partial charge in [0.25, 0.3) is 0 Å². The van der Waals surface area contributed by atoms with Crippen LogP contribution in [0.4, 0.5) is 0 Å². The number of benzene rings is 9. The van der Waals surface area contributed by atoms with Crippen LogP contribution in [0.2, 0.25) is 0 Å². The first kappa shape index (κ1) is 41.0. The van der Waals surface area contributed by atoms with E-state index >= 15 is 0 Å². The van der Waals surface area contributed by atoms with Gasteiger partial charge in [-0.05, 0) is 239 Å². The molecule has 0 aliphatic heterocycles. The third-order valence-electron chi connectivity index (χ3n) is 20.0. The molecule has 8 aliphatic carbocycles. The van der Waals surface area contributed by atoms with Gasteiger partial charge in [0.1, 0.15) is 0 Å². The molecule has 0 fully saturated rings. The summed E-state index contributed by atoms with van der Waals surface area (Å²) in [5.41, 5.74) is 27.1. The van der Waals surface area contributed by atoms with Crippen LogP contribution in [0.3, 0.4) is 0 Å². The largest absolute Gasteiger partial charge is 0.0870 e. The molecule has 3 atom stereocenters. The molecule has 11 aromatic carbocycles. The number of allylic oxidation sites excluding steroid dienone is 15. The van der Waals surface area contributed by atoms with Crippen LogP contribution in [0.25, 0.3) is 149 Å². The minimum atomic E-state index is 0.391. The van der Waals surface area contributed by atoms with E-state index in [1.807, 2.05) is 0 Å². The number of rotatable bonds is 4. The van der Waals surface area contributed by atoms with E-state index in [0.29, 0.717) is 17.8 Å². The van der Waals surface area contributed by atoms with E-state index in [-0.39, 0.29) is 0 Å². The Morgan fingerprint density at radius 1 is 0.382 bits per heavy atom. The lowest BCUT2D eigenvalue weighted by Crippen LogP contribution is -2.15. The Kier molecular flexibility index (Phi) is 7.95. The maximum atomic E-state index is 2.58. The van der Waals surface area contributed by atoms with Crippen LogP contribution < -0.4 is 5.22 Å². The standard InChI is InChI=1S/C76H52/c1-5-17-43(18-6-1)61-69-51-29-13-25-41-26-14-30-52(59(41)51)70(69)62(44-19-7-2-8-20-44)74-56-38-34-48-50-36-40-58-68-57(39-35-49(66(50)68)47-33-37-55(73(61)74)67(56)65(47)48)75-63(45-21-9-3-10-22-45)71-53-31-15-27-42-28-16-32-54(60(42)53)72(71)64(76(58)75)46-23-11-4-12-24-46/h1-9,11,13-15,17-21,23,25,27,29-30,33-42,53H,10,12,16,22,24,26,28,31-32H2. The summed E-state index contributed by atoms with van der Waals surface area (Å²) in [6.45, 7) is 0. The van der Waals surface area contributed by atoms with Gasteiger partial charge in [-0.15, -0.1) is 0 Å². The Morgan fingerprint density at radius 3 is 1.66 bits per heavy atom. The number of fused-ring (bicyclic) bond motifs is 14. The molecule has 0 radical (unpaired) electrons. The smallest absolute Gasteiger partial charge is 0.0107 e. The van der Waals surface area contributed by atoms with Crippen LogP contribution in [0, 0.1) is 5.92 Å². The van der Waals surface area contributed by atoms with E-state index in [9.17, 15) is 0 Å². The number of hydrogen-bond acceptors (Lipinski definition) is 0. The van der Waals surface area contributed by atoms with Crippen molar-refractivity contribution in [2.45, 2.75) is 69.6 Å².